The van der Waals surface area contributed by atoms with Crippen molar-refractivity contribution in [2.24, 2.45) is 0 Å². The molecule has 0 saturated carbocycles. The van der Waals surface area contributed by atoms with Crippen LogP contribution in [0.2, 0.25) is 0 Å². The van der Waals surface area contributed by atoms with Crippen LogP contribution in [0.15, 0.2) is 0 Å². The molecule has 0 aromatic rings. The van der Waals surface area contributed by atoms with Gasteiger partial charge in [0, 0.05) is 20.3 Å². The highest BCUT2D eigenvalue weighted by Gasteiger charge is 2.32. The van der Waals surface area contributed by atoms with Crippen molar-refractivity contribution in [2.75, 3.05) is 6.61 Å². The van der Waals surface area contributed by atoms with E-state index in [0.29, 0.717) is 6.42 Å². The third kappa shape index (κ3) is 17.9. The van der Waals surface area contributed by atoms with E-state index in [9.17, 15) is 19.5 Å². The minimum absolute atomic E-state index is 0.244. The summed E-state index contributed by atoms with van der Waals surface area (Å²) in [5.41, 5.74) is 0. The summed E-state index contributed by atoms with van der Waals surface area (Å²) < 4.78 is 9.94. The number of ketones is 1. The quantitative estimate of drug-likeness (QED) is 0.182. The molecule has 2 unspecified atom stereocenters. The smallest absolute Gasteiger partial charge is 0.303 e. The van der Waals surface area contributed by atoms with Crippen LogP contribution in [0.5, 0.6) is 0 Å². The summed E-state index contributed by atoms with van der Waals surface area (Å²) in [5.74, 6) is -1.58. The molecule has 0 bridgehead atoms. The molecule has 0 amide bonds. The maximum Gasteiger partial charge on any atom is 0.303 e. The van der Waals surface area contributed by atoms with Crippen LogP contribution in [0.4, 0.5) is 0 Å². The zero-order valence-corrected chi connectivity index (χ0v) is 20.2. The first-order chi connectivity index (χ1) is 14.9. The Bertz CT molecular complexity index is 477. The molecule has 6 nitrogen and oxygen atoms in total. The van der Waals surface area contributed by atoms with E-state index in [1.54, 1.807) is 0 Å². The van der Waals surface area contributed by atoms with Crippen LogP contribution in [0.1, 0.15) is 124 Å². The molecule has 0 radical (unpaired) electrons. The zero-order chi connectivity index (χ0) is 23.3. The third-order valence-corrected chi connectivity index (χ3v) is 5.47. The number of aliphatic hydroxyl groups is 1. The van der Waals surface area contributed by atoms with Crippen molar-refractivity contribution >= 4 is 17.7 Å². The van der Waals surface area contributed by atoms with Crippen molar-refractivity contribution in [3.63, 3.8) is 0 Å². The van der Waals surface area contributed by atoms with E-state index in [-0.39, 0.29) is 12.2 Å². The first-order valence-electron chi connectivity index (χ1n) is 12.4. The Morgan fingerprint density at radius 1 is 0.645 bits per heavy atom. The summed E-state index contributed by atoms with van der Waals surface area (Å²) >= 11 is 0. The van der Waals surface area contributed by atoms with E-state index in [4.69, 9.17) is 9.47 Å². The van der Waals surface area contributed by atoms with Gasteiger partial charge in [0.15, 0.2) is 18.0 Å². The van der Waals surface area contributed by atoms with Crippen molar-refractivity contribution in [3.05, 3.63) is 0 Å². The molecule has 0 aliphatic carbocycles. The molecule has 0 aromatic heterocycles. The van der Waals surface area contributed by atoms with Gasteiger partial charge in [-0.15, -0.1) is 0 Å². The highest BCUT2D eigenvalue weighted by molar-refractivity contribution is 5.86. The van der Waals surface area contributed by atoms with Crippen LogP contribution in [-0.4, -0.2) is 41.6 Å². The number of esters is 2. The fourth-order valence-corrected chi connectivity index (χ4v) is 3.75. The SMILES string of the molecule is CCCCCCCCCCCCCCCCCC(=O)C(OC(C)=O)C(CO)OC(C)=O. The van der Waals surface area contributed by atoms with Gasteiger partial charge in [-0.05, 0) is 6.42 Å². The maximum absolute atomic E-state index is 12.4. The number of Topliss-reactive ketones (excluding diaryl/α,β-unsaturated/α-hetero) is 1. The van der Waals surface area contributed by atoms with Crippen LogP contribution < -0.4 is 0 Å². The highest BCUT2D eigenvalue weighted by atomic mass is 16.6. The van der Waals surface area contributed by atoms with Gasteiger partial charge in [-0.25, -0.2) is 0 Å². The lowest BCUT2D eigenvalue weighted by molar-refractivity contribution is -0.172. The topological polar surface area (TPSA) is 89.9 Å². The van der Waals surface area contributed by atoms with Crippen molar-refractivity contribution in [2.45, 2.75) is 136 Å². The molecule has 0 heterocycles. The molecule has 182 valence electrons. The minimum Gasteiger partial charge on any atom is -0.456 e. The van der Waals surface area contributed by atoms with Crippen LogP contribution in [0.3, 0.4) is 0 Å². The standard InChI is InChI=1S/C25H46O6/c1-4-5-6-7-8-9-10-11-12-13-14-15-16-17-18-19-23(29)25(31-22(3)28)24(20-26)30-21(2)27/h24-26H,4-20H2,1-3H3. The summed E-state index contributed by atoms with van der Waals surface area (Å²) in [6.45, 7) is 4.06. The number of carbonyl (C=O) groups excluding carboxylic acids is 3. The van der Waals surface area contributed by atoms with E-state index in [2.05, 4.69) is 6.92 Å². The summed E-state index contributed by atoms with van der Waals surface area (Å²) in [7, 11) is 0. The first kappa shape index (κ1) is 29.6. The van der Waals surface area contributed by atoms with E-state index < -0.39 is 30.8 Å². The monoisotopic (exact) mass is 442 g/mol. The van der Waals surface area contributed by atoms with Gasteiger partial charge in [0.2, 0.25) is 0 Å². The normalized spacial score (nSPS) is 12.9. The number of hydrogen-bond acceptors (Lipinski definition) is 6. The van der Waals surface area contributed by atoms with Crippen LogP contribution in [0.25, 0.3) is 0 Å². The van der Waals surface area contributed by atoms with Gasteiger partial charge in [-0.3, -0.25) is 14.4 Å². The largest absolute Gasteiger partial charge is 0.456 e. The number of aliphatic hydroxyl groups excluding tert-OH is 1. The first-order valence-corrected chi connectivity index (χ1v) is 12.4. The van der Waals surface area contributed by atoms with E-state index in [1.807, 2.05) is 0 Å². The molecule has 1 N–H and O–H groups in total. The molecule has 0 spiro atoms. The van der Waals surface area contributed by atoms with E-state index in [0.717, 1.165) is 12.8 Å². The van der Waals surface area contributed by atoms with Gasteiger partial charge >= 0.3 is 11.9 Å². The van der Waals surface area contributed by atoms with Gasteiger partial charge in [0.25, 0.3) is 0 Å². The molecule has 0 aromatic carbocycles. The number of ether oxygens (including phenoxy) is 2. The minimum atomic E-state index is -1.24. The number of carbonyl (C=O) groups is 3. The van der Waals surface area contributed by atoms with Crippen molar-refractivity contribution < 1.29 is 29.0 Å². The van der Waals surface area contributed by atoms with Crippen LogP contribution >= 0.6 is 0 Å². The van der Waals surface area contributed by atoms with E-state index in [1.165, 1.54) is 90.9 Å². The molecule has 6 heteroatoms. The highest BCUT2D eigenvalue weighted by Crippen LogP contribution is 2.15. The lowest BCUT2D eigenvalue weighted by Crippen LogP contribution is -2.42. The van der Waals surface area contributed by atoms with Gasteiger partial charge in [-0.1, -0.05) is 96.8 Å². The second-order valence-electron chi connectivity index (χ2n) is 8.53. The molecule has 0 aliphatic heterocycles. The van der Waals surface area contributed by atoms with E-state index >= 15 is 0 Å². The predicted octanol–water partition coefficient (Wildman–Crippen LogP) is 5.67. The van der Waals surface area contributed by atoms with Crippen molar-refractivity contribution in [1.29, 1.82) is 0 Å². The molecule has 0 aliphatic rings. The summed E-state index contributed by atoms with van der Waals surface area (Å²) in [6.07, 6.45) is 16.5. The maximum atomic E-state index is 12.4. The second kappa shape index (κ2) is 20.5. The number of unbranched alkanes of at least 4 members (excludes halogenated alkanes) is 14. The average Bonchev–Trinajstić information content (AvgIpc) is 2.72. The van der Waals surface area contributed by atoms with Gasteiger partial charge < -0.3 is 14.6 Å². The number of rotatable bonds is 21. The molecular formula is C25H46O6. The molecule has 31 heavy (non-hydrogen) atoms. The lowest BCUT2D eigenvalue weighted by Gasteiger charge is -2.23. The zero-order valence-electron chi connectivity index (χ0n) is 20.2. The number of hydrogen-bond donors (Lipinski definition) is 1. The molecule has 2 atom stereocenters. The Morgan fingerprint density at radius 3 is 1.39 bits per heavy atom. The second-order valence-corrected chi connectivity index (χ2v) is 8.53. The molecule has 0 saturated heterocycles. The fraction of sp³-hybridized carbons (Fsp3) is 0.880. The van der Waals surface area contributed by atoms with Crippen molar-refractivity contribution in [3.8, 4) is 0 Å². The Morgan fingerprint density at radius 2 is 1.03 bits per heavy atom. The van der Waals surface area contributed by atoms with Gasteiger partial charge in [0.1, 0.15) is 0 Å². The summed E-state index contributed by atoms with van der Waals surface area (Å²) in [4.78, 5) is 34.8. The molecular weight excluding hydrogens is 396 g/mol. The third-order valence-electron chi connectivity index (χ3n) is 5.47. The van der Waals surface area contributed by atoms with Crippen molar-refractivity contribution in [1.82, 2.24) is 0 Å². The molecule has 0 rings (SSSR count). The van der Waals surface area contributed by atoms with Crippen LogP contribution in [-0.2, 0) is 23.9 Å². The van der Waals surface area contributed by atoms with Crippen LogP contribution in [0, 0.1) is 0 Å². The van der Waals surface area contributed by atoms with Gasteiger partial charge in [-0.2, -0.15) is 0 Å². The Hall–Kier alpha value is -1.43. The predicted molar refractivity (Wildman–Crippen MR) is 123 cm³/mol. The summed E-state index contributed by atoms with van der Waals surface area (Å²) in [5, 5.41) is 9.39. The lowest BCUT2D eigenvalue weighted by atomic mass is 10.0. The average molecular weight is 443 g/mol. The fourth-order valence-electron chi connectivity index (χ4n) is 3.75. The van der Waals surface area contributed by atoms with Gasteiger partial charge in [0.05, 0.1) is 6.61 Å². The summed E-state index contributed by atoms with van der Waals surface area (Å²) in [6, 6.07) is 0. The molecule has 0 fully saturated rings. The Labute approximate surface area is 189 Å². The Kier molecular flexibility index (Phi) is 19.5. The Balaban J connectivity index is 3.79.